The smallest absolute Gasteiger partial charge is 0.166 e. The number of rotatable bonds is 2. The second-order valence-electron chi connectivity index (χ2n) is 2.90. The maximum absolute atomic E-state index is 13.2. The average Bonchev–Trinajstić information content (AvgIpc) is 2.18. The predicted molar refractivity (Wildman–Crippen MR) is 54.7 cm³/mol. The third-order valence-corrected chi connectivity index (χ3v) is 1.76. The molecule has 0 unspecified atom stereocenters. The van der Waals surface area contributed by atoms with Crippen LogP contribution in [-0.2, 0) is 0 Å². The van der Waals surface area contributed by atoms with Crippen LogP contribution in [0.15, 0.2) is 18.2 Å². The molecule has 0 bridgehead atoms. The zero-order valence-electron chi connectivity index (χ0n) is 8.43. The summed E-state index contributed by atoms with van der Waals surface area (Å²) in [6.45, 7) is 2.06. The zero-order chi connectivity index (χ0) is 10.4. The molecule has 0 N–H and O–H groups in total. The molecule has 0 aliphatic carbocycles. The summed E-state index contributed by atoms with van der Waals surface area (Å²) in [6.07, 6.45) is 1.86. The number of ether oxygens (including phenoxy) is 1. The fourth-order valence-corrected chi connectivity index (χ4v) is 1.03. The molecule has 0 amide bonds. The maximum atomic E-state index is 13.2. The SMILES string of the molecule is CCCC#Cc1ccc(OC)c(F)c1. The monoisotopic (exact) mass is 192 g/mol. The van der Waals surface area contributed by atoms with Crippen molar-refractivity contribution in [2.75, 3.05) is 7.11 Å². The van der Waals surface area contributed by atoms with Gasteiger partial charge in [-0.05, 0) is 24.6 Å². The average molecular weight is 192 g/mol. The number of unbranched alkanes of at least 4 members (excludes halogenated alkanes) is 1. The van der Waals surface area contributed by atoms with E-state index in [4.69, 9.17) is 4.74 Å². The van der Waals surface area contributed by atoms with Crippen LogP contribution in [0.25, 0.3) is 0 Å². The molecule has 1 aromatic rings. The molecule has 2 heteroatoms. The van der Waals surface area contributed by atoms with Crippen LogP contribution in [0.5, 0.6) is 5.75 Å². The Morgan fingerprint density at radius 2 is 2.21 bits per heavy atom. The van der Waals surface area contributed by atoms with Crippen molar-refractivity contribution in [3.63, 3.8) is 0 Å². The van der Waals surface area contributed by atoms with Crippen LogP contribution in [0.3, 0.4) is 0 Å². The van der Waals surface area contributed by atoms with Gasteiger partial charge in [0.1, 0.15) is 0 Å². The van der Waals surface area contributed by atoms with E-state index in [1.165, 1.54) is 13.2 Å². The molecule has 0 saturated heterocycles. The molecule has 0 aliphatic rings. The number of methoxy groups -OCH3 is 1. The molecule has 0 spiro atoms. The van der Waals surface area contributed by atoms with Crippen LogP contribution >= 0.6 is 0 Å². The topological polar surface area (TPSA) is 9.23 Å². The van der Waals surface area contributed by atoms with E-state index in [1.54, 1.807) is 12.1 Å². The Bertz CT molecular complexity index is 360. The maximum Gasteiger partial charge on any atom is 0.166 e. The zero-order valence-corrected chi connectivity index (χ0v) is 8.43. The quantitative estimate of drug-likeness (QED) is 0.654. The van der Waals surface area contributed by atoms with Gasteiger partial charge < -0.3 is 4.74 Å². The van der Waals surface area contributed by atoms with E-state index in [1.807, 2.05) is 0 Å². The minimum Gasteiger partial charge on any atom is -0.494 e. The van der Waals surface area contributed by atoms with Crippen LogP contribution in [-0.4, -0.2) is 7.11 Å². The molecule has 0 aromatic heterocycles. The lowest BCUT2D eigenvalue weighted by molar-refractivity contribution is 0.386. The summed E-state index contributed by atoms with van der Waals surface area (Å²) >= 11 is 0. The molecule has 1 aromatic carbocycles. The first-order valence-corrected chi connectivity index (χ1v) is 4.60. The van der Waals surface area contributed by atoms with Crippen molar-refractivity contribution in [1.29, 1.82) is 0 Å². The lowest BCUT2D eigenvalue weighted by Crippen LogP contribution is -1.88. The summed E-state index contributed by atoms with van der Waals surface area (Å²) < 4.78 is 18.0. The van der Waals surface area contributed by atoms with Gasteiger partial charge in [-0.1, -0.05) is 18.8 Å². The molecule has 0 fully saturated rings. The highest BCUT2D eigenvalue weighted by molar-refractivity contribution is 5.39. The Hall–Kier alpha value is -1.49. The van der Waals surface area contributed by atoms with Crippen LogP contribution in [0, 0.1) is 17.7 Å². The summed E-state index contributed by atoms with van der Waals surface area (Å²) in [5.74, 6) is 5.74. The van der Waals surface area contributed by atoms with Crippen molar-refractivity contribution < 1.29 is 9.13 Å². The van der Waals surface area contributed by atoms with Gasteiger partial charge in [-0.3, -0.25) is 0 Å². The van der Waals surface area contributed by atoms with Crippen molar-refractivity contribution in [2.24, 2.45) is 0 Å². The molecular weight excluding hydrogens is 179 g/mol. The molecule has 74 valence electrons. The first-order valence-electron chi connectivity index (χ1n) is 4.60. The third kappa shape index (κ3) is 2.77. The fraction of sp³-hybridized carbons (Fsp3) is 0.333. The Kier molecular flexibility index (Phi) is 4.00. The standard InChI is InChI=1S/C12H13FO/c1-3-4-5-6-10-7-8-12(14-2)11(13)9-10/h7-9H,3-4H2,1-2H3. The largest absolute Gasteiger partial charge is 0.494 e. The molecule has 0 heterocycles. The molecular formula is C12H13FO. The van der Waals surface area contributed by atoms with Crippen molar-refractivity contribution >= 4 is 0 Å². The Labute approximate surface area is 83.9 Å². The van der Waals surface area contributed by atoms with Crippen molar-refractivity contribution in [3.8, 4) is 17.6 Å². The first-order chi connectivity index (χ1) is 6.77. The summed E-state index contributed by atoms with van der Waals surface area (Å²) in [5.41, 5.74) is 0.691. The Morgan fingerprint density at radius 1 is 1.43 bits per heavy atom. The highest BCUT2D eigenvalue weighted by Crippen LogP contribution is 2.16. The third-order valence-electron chi connectivity index (χ3n) is 1.76. The highest BCUT2D eigenvalue weighted by Gasteiger charge is 2.00. The summed E-state index contributed by atoms with van der Waals surface area (Å²) in [5, 5.41) is 0. The Morgan fingerprint density at radius 3 is 2.79 bits per heavy atom. The number of benzene rings is 1. The van der Waals surface area contributed by atoms with E-state index in [0.29, 0.717) is 5.56 Å². The second-order valence-corrected chi connectivity index (χ2v) is 2.90. The van der Waals surface area contributed by atoms with Gasteiger partial charge in [0.25, 0.3) is 0 Å². The minimum atomic E-state index is -0.365. The van der Waals surface area contributed by atoms with Crippen molar-refractivity contribution in [3.05, 3.63) is 29.6 Å². The molecule has 1 rings (SSSR count). The van der Waals surface area contributed by atoms with E-state index in [9.17, 15) is 4.39 Å². The van der Waals surface area contributed by atoms with Crippen molar-refractivity contribution in [1.82, 2.24) is 0 Å². The molecule has 0 atom stereocenters. The van der Waals surface area contributed by atoms with Gasteiger partial charge in [-0.25, -0.2) is 4.39 Å². The van der Waals surface area contributed by atoms with Crippen molar-refractivity contribution in [2.45, 2.75) is 19.8 Å². The van der Waals surface area contributed by atoms with E-state index in [0.717, 1.165) is 12.8 Å². The van der Waals surface area contributed by atoms with Crippen LogP contribution in [0.1, 0.15) is 25.3 Å². The van der Waals surface area contributed by atoms with Gasteiger partial charge in [0.2, 0.25) is 0 Å². The Balaban J connectivity index is 2.82. The lowest BCUT2D eigenvalue weighted by Gasteiger charge is -2.00. The van der Waals surface area contributed by atoms with Crippen LogP contribution < -0.4 is 4.74 Å². The van der Waals surface area contributed by atoms with Gasteiger partial charge in [-0.2, -0.15) is 0 Å². The molecule has 0 saturated carbocycles. The predicted octanol–water partition coefficient (Wildman–Crippen LogP) is 2.99. The van der Waals surface area contributed by atoms with E-state index in [2.05, 4.69) is 18.8 Å². The number of hydrogen-bond donors (Lipinski definition) is 0. The van der Waals surface area contributed by atoms with E-state index in [-0.39, 0.29) is 11.6 Å². The van der Waals surface area contributed by atoms with Gasteiger partial charge in [0.15, 0.2) is 11.6 Å². The molecule has 1 nitrogen and oxygen atoms in total. The summed E-state index contributed by atoms with van der Waals surface area (Å²) in [7, 11) is 1.45. The van der Waals surface area contributed by atoms with E-state index < -0.39 is 0 Å². The van der Waals surface area contributed by atoms with Gasteiger partial charge in [-0.15, -0.1) is 0 Å². The summed E-state index contributed by atoms with van der Waals surface area (Å²) in [4.78, 5) is 0. The van der Waals surface area contributed by atoms with Gasteiger partial charge in [0, 0.05) is 12.0 Å². The number of hydrogen-bond acceptors (Lipinski definition) is 1. The first kappa shape index (κ1) is 10.6. The highest BCUT2D eigenvalue weighted by atomic mass is 19.1. The minimum absolute atomic E-state index is 0.256. The lowest BCUT2D eigenvalue weighted by atomic mass is 10.2. The normalized spacial score (nSPS) is 9.07. The number of halogens is 1. The van der Waals surface area contributed by atoms with E-state index >= 15 is 0 Å². The fourth-order valence-electron chi connectivity index (χ4n) is 1.03. The summed E-state index contributed by atoms with van der Waals surface area (Å²) in [6, 6.07) is 4.73. The van der Waals surface area contributed by atoms with Crippen LogP contribution in [0.4, 0.5) is 4.39 Å². The van der Waals surface area contributed by atoms with Gasteiger partial charge >= 0.3 is 0 Å². The molecule has 0 aliphatic heterocycles. The molecule has 14 heavy (non-hydrogen) atoms. The second kappa shape index (κ2) is 5.29. The van der Waals surface area contributed by atoms with Gasteiger partial charge in [0.05, 0.1) is 7.11 Å². The molecule has 0 radical (unpaired) electrons. The van der Waals surface area contributed by atoms with Crippen LogP contribution in [0.2, 0.25) is 0 Å².